The zero-order valence-corrected chi connectivity index (χ0v) is 10.6. The van der Waals surface area contributed by atoms with Crippen molar-refractivity contribution < 1.29 is 9.53 Å². The van der Waals surface area contributed by atoms with Crippen molar-refractivity contribution in [2.45, 2.75) is 40.3 Å². The van der Waals surface area contributed by atoms with Crippen LogP contribution in [0.15, 0.2) is 6.20 Å². The summed E-state index contributed by atoms with van der Waals surface area (Å²) in [5, 5.41) is 7.56. The number of nitrogens with zero attached hydrogens (tertiary/aromatic N) is 3. The highest BCUT2D eigenvalue weighted by molar-refractivity contribution is 5.68. The van der Waals surface area contributed by atoms with Crippen LogP contribution in [0, 0.1) is 5.41 Å². The van der Waals surface area contributed by atoms with Crippen LogP contribution in [-0.2, 0) is 22.6 Å². The lowest BCUT2D eigenvalue weighted by molar-refractivity contribution is -0.145. The third-order valence-corrected chi connectivity index (χ3v) is 2.20. The van der Waals surface area contributed by atoms with E-state index in [2.05, 4.69) is 31.1 Å². The van der Waals surface area contributed by atoms with E-state index in [0.29, 0.717) is 18.8 Å². The molecule has 1 heterocycles. The predicted octanol–water partition coefficient (Wildman–Crippen LogP) is 0.716. The second-order valence-corrected chi connectivity index (χ2v) is 5.14. The second kappa shape index (κ2) is 5.77. The first-order valence-corrected chi connectivity index (χ1v) is 5.65. The minimum atomic E-state index is -0.303. The number of nitrogens with two attached hydrogens (primary N) is 1. The van der Waals surface area contributed by atoms with Gasteiger partial charge in [-0.05, 0) is 11.8 Å². The van der Waals surface area contributed by atoms with Gasteiger partial charge in [-0.1, -0.05) is 26.0 Å². The lowest BCUT2D eigenvalue weighted by atomic mass is 9.93. The van der Waals surface area contributed by atoms with E-state index in [1.807, 2.05) is 0 Å². The van der Waals surface area contributed by atoms with Crippen molar-refractivity contribution in [2.75, 3.05) is 6.61 Å². The number of hydrogen-bond acceptors (Lipinski definition) is 5. The summed E-state index contributed by atoms with van der Waals surface area (Å²) in [6.45, 7) is 7.14. The molecule has 0 saturated heterocycles. The molecule has 0 unspecified atom stereocenters. The molecule has 0 saturated carbocycles. The molecule has 6 nitrogen and oxygen atoms in total. The number of hydrogen-bond donors (Lipinski definition) is 1. The zero-order chi connectivity index (χ0) is 12.9. The summed E-state index contributed by atoms with van der Waals surface area (Å²) in [7, 11) is 0. The third-order valence-electron chi connectivity index (χ3n) is 2.20. The molecule has 0 aliphatic rings. The first-order valence-electron chi connectivity index (χ1n) is 5.65. The molecule has 0 aliphatic carbocycles. The average Bonchev–Trinajstić information content (AvgIpc) is 2.63. The second-order valence-electron chi connectivity index (χ2n) is 5.14. The Morgan fingerprint density at radius 3 is 2.76 bits per heavy atom. The Morgan fingerprint density at radius 2 is 2.24 bits per heavy atom. The maximum atomic E-state index is 11.5. The van der Waals surface area contributed by atoms with Crippen LogP contribution in [0.1, 0.15) is 32.9 Å². The minimum Gasteiger partial charge on any atom is -0.464 e. The fraction of sp³-hybridized carbons (Fsp3) is 0.727. The molecule has 0 aliphatic heterocycles. The van der Waals surface area contributed by atoms with Crippen molar-refractivity contribution in [3.05, 3.63) is 11.9 Å². The van der Waals surface area contributed by atoms with Crippen LogP contribution >= 0.6 is 0 Å². The Morgan fingerprint density at radius 1 is 1.53 bits per heavy atom. The number of carbonyl (C=O) groups is 1. The van der Waals surface area contributed by atoms with Gasteiger partial charge in [0.15, 0.2) is 0 Å². The molecular weight excluding hydrogens is 220 g/mol. The molecule has 96 valence electrons. The predicted molar refractivity (Wildman–Crippen MR) is 62.9 cm³/mol. The van der Waals surface area contributed by atoms with Gasteiger partial charge in [0.1, 0.15) is 6.54 Å². The average molecular weight is 240 g/mol. The molecule has 2 N–H and O–H groups in total. The van der Waals surface area contributed by atoms with Crippen molar-refractivity contribution in [3.63, 3.8) is 0 Å². The summed E-state index contributed by atoms with van der Waals surface area (Å²) in [5.41, 5.74) is 6.22. The molecule has 0 bridgehead atoms. The van der Waals surface area contributed by atoms with Gasteiger partial charge in [0.2, 0.25) is 0 Å². The Labute approximate surface area is 101 Å². The lowest BCUT2D eigenvalue weighted by Crippen LogP contribution is -2.17. The van der Waals surface area contributed by atoms with Crippen molar-refractivity contribution in [3.8, 4) is 0 Å². The smallest absolute Gasteiger partial charge is 0.327 e. The van der Waals surface area contributed by atoms with Crippen molar-refractivity contribution in [1.29, 1.82) is 0 Å². The van der Waals surface area contributed by atoms with E-state index in [1.54, 1.807) is 6.20 Å². The number of aromatic nitrogens is 3. The van der Waals surface area contributed by atoms with E-state index in [1.165, 1.54) is 4.68 Å². The summed E-state index contributed by atoms with van der Waals surface area (Å²) < 4.78 is 6.54. The normalized spacial score (nSPS) is 11.5. The summed E-state index contributed by atoms with van der Waals surface area (Å²) in [4.78, 5) is 11.5. The largest absolute Gasteiger partial charge is 0.464 e. The SMILES string of the molecule is CC(C)(C)CCOC(=O)Cn1cc(CN)nn1. The molecule has 0 spiro atoms. The molecule has 0 fully saturated rings. The van der Waals surface area contributed by atoms with E-state index in [4.69, 9.17) is 10.5 Å². The zero-order valence-electron chi connectivity index (χ0n) is 10.6. The molecule has 0 aromatic carbocycles. The summed E-state index contributed by atoms with van der Waals surface area (Å²) >= 11 is 0. The monoisotopic (exact) mass is 240 g/mol. The highest BCUT2D eigenvalue weighted by Crippen LogP contribution is 2.17. The standard InChI is InChI=1S/C11H20N4O2/c1-11(2,3)4-5-17-10(16)8-15-7-9(6-12)13-14-15/h7H,4-6,8,12H2,1-3H3. The lowest BCUT2D eigenvalue weighted by Gasteiger charge is -2.17. The van der Waals surface area contributed by atoms with Crippen LogP contribution in [-0.4, -0.2) is 27.6 Å². The van der Waals surface area contributed by atoms with E-state index in [-0.39, 0.29) is 17.9 Å². The van der Waals surface area contributed by atoms with E-state index >= 15 is 0 Å². The van der Waals surface area contributed by atoms with Gasteiger partial charge in [-0.2, -0.15) is 0 Å². The van der Waals surface area contributed by atoms with Crippen LogP contribution < -0.4 is 5.73 Å². The first-order chi connectivity index (χ1) is 7.90. The molecule has 17 heavy (non-hydrogen) atoms. The molecule has 6 heteroatoms. The first kappa shape index (κ1) is 13.6. The van der Waals surface area contributed by atoms with Crippen LogP contribution in [0.5, 0.6) is 0 Å². The fourth-order valence-corrected chi connectivity index (χ4v) is 1.16. The maximum Gasteiger partial charge on any atom is 0.327 e. The number of ether oxygens (including phenoxy) is 1. The highest BCUT2D eigenvalue weighted by Gasteiger charge is 2.12. The van der Waals surface area contributed by atoms with Crippen LogP contribution in [0.4, 0.5) is 0 Å². The Bertz CT molecular complexity index is 368. The molecule has 0 atom stereocenters. The van der Waals surface area contributed by atoms with Gasteiger partial charge < -0.3 is 10.5 Å². The van der Waals surface area contributed by atoms with Gasteiger partial charge in [-0.3, -0.25) is 4.79 Å². The van der Waals surface area contributed by atoms with Crippen LogP contribution in [0.25, 0.3) is 0 Å². The van der Waals surface area contributed by atoms with Gasteiger partial charge in [0.25, 0.3) is 0 Å². The molecular formula is C11H20N4O2. The quantitative estimate of drug-likeness (QED) is 0.767. The van der Waals surface area contributed by atoms with Crippen LogP contribution in [0.3, 0.4) is 0 Å². The molecule has 0 radical (unpaired) electrons. The summed E-state index contributed by atoms with van der Waals surface area (Å²) in [5.74, 6) is -0.303. The molecule has 1 rings (SSSR count). The minimum absolute atomic E-state index is 0.0805. The van der Waals surface area contributed by atoms with Gasteiger partial charge in [-0.25, -0.2) is 4.68 Å². The maximum absolute atomic E-state index is 11.5. The van der Waals surface area contributed by atoms with E-state index < -0.39 is 0 Å². The van der Waals surface area contributed by atoms with E-state index in [0.717, 1.165) is 6.42 Å². The number of esters is 1. The summed E-state index contributed by atoms with van der Waals surface area (Å²) in [6.07, 6.45) is 2.48. The van der Waals surface area contributed by atoms with Gasteiger partial charge >= 0.3 is 5.97 Å². The van der Waals surface area contributed by atoms with Crippen molar-refractivity contribution in [2.24, 2.45) is 11.1 Å². The van der Waals surface area contributed by atoms with Gasteiger partial charge in [0.05, 0.1) is 18.5 Å². The van der Waals surface area contributed by atoms with Crippen molar-refractivity contribution in [1.82, 2.24) is 15.0 Å². The Kier molecular flexibility index (Phi) is 4.62. The molecule has 1 aromatic rings. The summed E-state index contributed by atoms with van der Waals surface area (Å²) in [6, 6.07) is 0. The number of carbonyl (C=O) groups excluding carboxylic acids is 1. The fourth-order valence-electron chi connectivity index (χ4n) is 1.16. The van der Waals surface area contributed by atoms with Gasteiger partial charge in [0, 0.05) is 6.54 Å². The van der Waals surface area contributed by atoms with Crippen molar-refractivity contribution >= 4 is 5.97 Å². The third kappa shape index (κ3) is 5.44. The van der Waals surface area contributed by atoms with Crippen LogP contribution in [0.2, 0.25) is 0 Å². The topological polar surface area (TPSA) is 83.0 Å². The molecule has 0 amide bonds. The van der Waals surface area contributed by atoms with Gasteiger partial charge in [-0.15, -0.1) is 5.10 Å². The van der Waals surface area contributed by atoms with E-state index in [9.17, 15) is 4.79 Å². The molecule has 1 aromatic heterocycles. The number of rotatable bonds is 5. The Hall–Kier alpha value is -1.43. The highest BCUT2D eigenvalue weighted by atomic mass is 16.5. The Balaban J connectivity index is 2.30.